The summed E-state index contributed by atoms with van der Waals surface area (Å²) in [5, 5.41) is 7.35. The number of nitrogens with zero attached hydrogens (tertiary/aromatic N) is 4. The molecule has 13 heteroatoms. The lowest BCUT2D eigenvalue weighted by Gasteiger charge is -2.28. The van der Waals surface area contributed by atoms with Gasteiger partial charge in [-0.25, -0.2) is 14.8 Å². The molecule has 0 radical (unpaired) electrons. The van der Waals surface area contributed by atoms with Gasteiger partial charge in [-0.05, 0) is 18.6 Å². The van der Waals surface area contributed by atoms with Crippen molar-refractivity contribution in [3.63, 3.8) is 0 Å². The summed E-state index contributed by atoms with van der Waals surface area (Å²) in [5.41, 5.74) is -2.25. The highest BCUT2D eigenvalue weighted by molar-refractivity contribution is 5.89. The summed E-state index contributed by atoms with van der Waals surface area (Å²) < 4.78 is 79.7. The topological polar surface area (TPSA) is 74.5 Å². The summed E-state index contributed by atoms with van der Waals surface area (Å²) in [6.45, 7) is 0.477. The number of halogens is 6. The van der Waals surface area contributed by atoms with Crippen LogP contribution in [0.2, 0.25) is 0 Å². The van der Waals surface area contributed by atoms with Gasteiger partial charge in [-0.1, -0.05) is 5.16 Å². The molecule has 146 valence electrons. The van der Waals surface area contributed by atoms with Crippen molar-refractivity contribution in [2.75, 3.05) is 23.4 Å². The second kappa shape index (κ2) is 6.63. The van der Waals surface area contributed by atoms with Crippen molar-refractivity contribution in [3.8, 4) is 0 Å². The molecular weight excluding hydrogens is 384 g/mol. The van der Waals surface area contributed by atoms with Crippen LogP contribution >= 0.6 is 0 Å². The molecule has 0 aromatic carbocycles. The van der Waals surface area contributed by atoms with Gasteiger partial charge < -0.3 is 4.52 Å². The number of hydrogen-bond acceptors (Lipinski definition) is 5. The number of carbonyl (C=O) groups excluding carboxylic acids is 1. The second-order valence-corrected chi connectivity index (χ2v) is 5.51. The molecular formula is C14H11F6N5O2. The first-order chi connectivity index (χ1) is 12.6. The summed E-state index contributed by atoms with van der Waals surface area (Å²) in [6.07, 6.45) is -8.15. The number of amides is 2. The first-order valence-electron chi connectivity index (χ1n) is 7.49. The summed E-state index contributed by atoms with van der Waals surface area (Å²) >= 11 is 0. The van der Waals surface area contributed by atoms with Crippen molar-refractivity contribution in [3.05, 3.63) is 35.7 Å². The molecule has 27 heavy (non-hydrogen) atoms. The van der Waals surface area contributed by atoms with E-state index in [0.29, 0.717) is 18.7 Å². The fraction of sp³-hybridized carbons (Fsp3) is 0.357. The van der Waals surface area contributed by atoms with Crippen LogP contribution in [0.5, 0.6) is 0 Å². The minimum atomic E-state index is -4.73. The highest BCUT2D eigenvalue weighted by Crippen LogP contribution is 2.31. The highest BCUT2D eigenvalue weighted by atomic mass is 19.4. The van der Waals surface area contributed by atoms with Crippen molar-refractivity contribution in [2.45, 2.75) is 18.8 Å². The maximum Gasteiger partial charge on any atom is 0.436 e. The summed E-state index contributed by atoms with van der Waals surface area (Å²) in [6, 6.07) is 1.61. The molecule has 2 amide bonds. The highest BCUT2D eigenvalue weighted by Gasteiger charge is 2.36. The van der Waals surface area contributed by atoms with Gasteiger partial charge in [0.05, 0.1) is 5.56 Å². The molecule has 0 atom stereocenters. The molecule has 1 aliphatic rings. The van der Waals surface area contributed by atoms with Crippen LogP contribution in [0.1, 0.15) is 17.7 Å². The van der Waals surface area contributed by atoms with Gasteiger partial charge >= 0.3 is 18.4 Å². The van der Waals surface area contributed by atoms with E-state index in [9.17, 15) is 31.1 Å². The molecule has 2 aromatic rings. The van der Waals surface area contributed by atoms with Crippen molar-refractivity contribution >= 4 is 17.7 Å². The normalized spacial score (nSPS) is 15.3. The Morgan fingerprint density at radius 1 is 1.11 bits per heavy atom. The fourth-order valence-corrected chi connectivity index (χ4v) is 2.41. The number of carbonyl (C=O) groups is 1. The Morgan fingerprint density at radius 2 is 1.85 bits per heavy atom. The number of hydrogen-bond donors (Lipinski definition) is 1. The molecule has 0 unspecified atom stereocenters. The average Bonchev–Trinajstić information content (AvgIpc) is 3.22. The molecule has 7 nitrogen and oxygen atoms in total. The number of alkyl halides is 6. The van der Waals surface area contributed by atoms with Gasteiger partial charge in [-0.3, -0.25) is 10.3 Å². The van der Waals surface area contributed by atoms with E-state index in [2.05, 4.69) is 20.0 Å². The SMILES string of the molecule is O=C(Nc1cc(C(F)(F)F)no1)N1CCCN1c1ccc(C(F)(F)F)cn1. The van der Waals surface area contributed by atoms with Gasteiger partial charge in [0.25, 0.3) is 0 Å². The second-order valence-electron chi connectivity index (χ2n) is 5.51. The molecule has 3 rings (SSSR count). The van der Waals surface area contributed by atoms with Gasteiger partial charge in [-0.15, -0.1) is 0 Å². The first kappa shape index (κ1) is 18.8. The molecule has 0 bridgehead atoms. The number of aromatic nitrogens is 2. The fourth-order valence-electron chi connectivity index (χ4n) is 2.41. The Bertz CT molecular complexity index is 817. The van der Waals surface area contributed by atoms with E-state index in [4.69, 9.17) is 0 Å². The summed E-state index contributed by atoms with van der Waals surface area (Å²) in [7, 11) is 0. The zero-order valence-electron chi connectivity index (χ0n) is 13.3. The predicted octanol–water partition coefficient (Wildman–Crippen LogP) is 3.77. The predicted molar refractivity (Wildman–Crippen MR) is 78.4 cm³/mol. The number of pyridine rings is 1. The largest absolute Gasteiger partial charge is 0.436 e. The van der Waals surface area contributed by atoms with Crippen LogP contribution in [0, 0.1) is 0 Å². The minimum Gasteiger partial charge on any atom is -0.338 e. The zero-order valence-corrected chi connectivity index (χ0v) is 13.3. The van der Waals surface area contributed by atoms with Crippen molar-refractivity contribution in [1.29, 1.82) is 0 Å². The maximum absolute atomic E-state index is 12.6. The number of nitrogens with one attached hydrogen (secondary N) is 1. The minimum absolute atomic E-state index is 0.0872. The van der Waals surface area contributed by atoms with E-state index in [1.54, 1.807) is 0 Å². The Morgan fingerprint density at radius 3 is 2.41 bits per heavy atom. The number of rotatable bonds is 2. The third kappa shape index (κ3) is 4.06. The standard InChI is InChI=1S/C14H11F6N5O2/c15-13(16,17)8-2-3-10(21-7-8)24-4-1-5-25(24)12(26)22-11-6-9(23-27-11)14(18,19)20/h2-3,6-7H,1,4-5H2,(H,22,26). The maximum atomic E-state index is 12.6. The van der Waals surface area contributed by atoms with E-state index in [-0.39, 0.29) is 18.9 Å². The van der Waals surface area contributed by atoms with Crippen molar-refractivity contribution < 1.29 is 35.7 Å². The van der Waals surface area contributed by atoms with Crippen LogP contribution in [0.3, 0.4) is 0 Å². The van der Waals surface area contributed by atoms with Crippen LogP contribution in [0.4, 0.5) is 42.8 Å². The van der Waals surface area contributed by atoms with E-state index >= 15 is 0 Å². The first-order valence-corrected chi connectivity index (χ1v) is 7.49. The Kier molecular flexibility index (Phi) is 4.61. The number of anilines is 2. The van der Waals surface area contributed by atoms with Crippen LogP contribution in [-0.4, -0.2) is 34.3 Å². The van der Waals surface area contributed by atoms with Crippen LogP contribution in [0.25, 0.3) is 0 Å². The molecule has 0 aliphatic carbocycles. The summed E-state index contributed by atoms with van der Waals surface area (Å²) in [5.74, 6) is -0.427. The van der Waals surface area contributed by atoms with E-state index in [1.807, 2.05) is 0 Å². The lowest BCUT2D eigenvalue weighted by atomic mass is 10.3. The van der Waals surface area contributed by atoms with Crippen molar-refractivity contribution in [2.24, 2.45) is 0 Å². The van der Waals surface area contributed by atoms with Gasteiger partial charge in [0, 0.05) is 25.4 Å². The van der Waals surface area contributed by atoms with E-state index < -0.39 is 35.5 Å². The van der Waals surface area contributed by atoms with E-state index in [1.165, 1.54) is 5.01 Å². The Balaban J connectivity index is 1.72. The monoisotopic (exact) mass is 395 g/mol. The molecule has 2 aromatic heterocycles. The Labute approximate surface area is 147 Å². The van der Waals surface area contributed by atoms with Crippen LogP contribution in [-0.2, 0) is 12.4 Å². The van der Waals surface area contributed by atoms with Gasteiger partial charge in [0.1, 0.15) is 5.82 Å². The van der Waals surface area contributed by atoms with Gasteiger partial charge in [0.2, 0.25) is 5.88 Å². The summed E-state index contributed by atoms with van der Waals surface area (Å²) in [4.78, 5) is 16.0. The number of hydrazine groups is 1. The zero-order chi connectivity index (χ0) is 19.8. The third-order valence-corrected chi connectivity index (χ3v) is 3.64. The molecule has 1 N–H and O–H groups in total. The quantitative estimate of drug-likeness (QED) is 0.784. The average molecular weight is 395 g/mol. The smallest absolute Gasteiger partial charge is 0.338 e. The molecule has 1 aliphatic heterocycles. The molecule has 1 fully saturated rings. The molecule has 0 saturated carbocycles. The van der Waals surface area contributed by atoms with Gasteiger partial charge in [0.15, 0.2) is 5.69 Å². The molecule has 1 saturated heterocycles. The van der Waals surface area contributed by atoms with Crippen LogP contribution in [0.15, 0.2) is 28.9 Å². The van der Waals surface area contributed by atoms with Crippen LogP contribution < -0.4 is 10.3 Å². The third-order valence-electron chi connectivity index (χ3n) is 3.64. The molecule has 3 heterocycles. The van der Waals surface area contributed by atoms with Gasteiger partial charge in [-0.2, -0.15) is 26.3 Å². The van der Waals surface area contributed by atoms with E-state index in [0.717, 1.165) is 17.1 Å². The lowest BCUT2D eigenvalue weighted by Crippen LogP contribution is -2.44. The lowest BCUT2D eigenvalue weighted by molar-refractivity contribution is -0.142. The Hall–Kier alpha value is -2.99. The molecule has 0 spiro atoms. The number of urea groups is 1. The van der Waals surface area contributed by atoms with Crippen molar-refractivity contribution in [1.82, 2.24) is 15.1 Å².